The number of amides is 1. The predicted molar refractivity (Wildman–Crippen MR) is 68.4 cm³/mol. The van der Waals surface area contributed by atoms with Gasteiger partial charge in [0.2, 0.25) is 6.41 Å². The van der Waals surface area contributed by atoms with E-state index in [-0.39, 0.29) is 24.5 Å². The van der Waals surface area contributed by atoms with Gasteiger partial charge in [-0.15, -0.1) is 0 Å². The molecule has 6 nitrogen and oxygen atoms in total. The molecule has 8 heteroatoms. The van der Waals surface area contributed by atoms with Crippen molar-refractivity contribution < 1.29 is 33.0 Å². The molecule has 0 aromatic heterocycles. The third-order valence-electron chi connectivity index (χ3n) is 2.53. The lowest BCUT2D eigenvalue weighted by Gasteiger charge is -2.17. The van der Waals surface area contributed by atoms with Crippen molar-refractivity contribution in [2.75, 3.05) is 6.61 Å². The van der Waals surface area contributed by atoms with E-state index in [2.05, 4.69) is 10.1 Å². The zero-order valence-corrected chi connectivity index (χ0v) is 11.2. The SMILES string of the molecule is CCOc1cc([C@H](CC(=O)O)NC=O)ccc1OC(F)F. The molecule has 21 heavy (non-hydrogen) atoms. The number of carbonyl (C=O) groups excluding carboxylic acids is 1. The Morgan fingerprint density at radius 1 is 1.43 bits per heavy atom. The molecule has 0 spiro atoms. The van der Waals surface area contributed by atoms with Gasteiger partial charge in [-0.05, 0) is 24.6 Å². The molecule has 0 aliphatic rings. The van der Waals surface area contributed by atoms with Gasteiger partial charge in [0.1, 0.15) is 0 Å². The Kier molecular flexibility index (Phi) is 6.38. The van der Waals surface area contributed by atoms with Gasteiger partial charge in [-0.1, -0.05) is 6.07 Å². The smallest absolute Gasteiger partial charge is 0.387 e. The summed E-state index contributed by atoms with van der Waals surface area (Å²) in [6.45, 7) is -1.12. The van der Waals surface area contributed by atoms with Crippen LogP contribution in [0.3, 0.4) is 0 Å². The summed E-state index contributed by atoms with van der Waals surface area (Å²) in [5.41, 5.74) is 0.412. The second kappa shape index (κ2) is 8.03. The van der Waals surface area contributed by atoms with Crippen LogP contribution in [0.4, 0.5) is 8.78 Å². The first-order valence-electron chi connectivity index (χ1n) is 6.11. The fourth-order valence-corrected chi connectivity index (χ4v) is 1.73. The molecule has 0 radical (unpaired) electrons. The van der Waals surface area contributed by atoms with Crippen LogP contribution in [-0.2, 0) is 9.59 Å². The summed E-state index contributed by atoms with van der Waals surface area (Å²) < 4.78 is 34.1. The van der Waals surface area contributed by atoms with Crippen molar-refractivity contribution in [1.29, 1.82) is 0 Å². The van der Waals surface area contributed by atoms with Gasteiger partial charge in [0.25, 0.3) is 0 Å². The first-order chi connectivity index (χ1) is 9.97. The molecule has 0 aliphatic carbocycles. The van der Waals surface area contributed by atoms with Crippen molar-refractivity contribution >= 4 is 12.4 Å². The van der Waals surface area contributed by atoms with Gasteiger partial charge in [-0.3, -0.25) is 9.59 Å². The average Bonchev–Trinajstić information content (AvgIpc) is 2.39. The Bertz CT molecular complexity index is 495. The molecule has 0 aliphatic heterocycles. The molecule has 0 unspecified atom stereocenters. The molecule has 1 aromatic rings. The van der Waals surface area contributed by atoms with Gasteiger partial charge < -0.3 is 19.9 Å². The number of halogens is 2. The minimum atomic E-state index is -3.00. The Hall–Kier alpha value is -2.38. The summed E-state index contributed by atoms with van der Waals surface area (Å²) in [6, 6.07) is 3.21. The zero-order valence-electron chi connectivity index (χ0n) is 11.2. The number of carboxylic acids is 1. The molecule has 1 amide bonds. The number of aliphatic carboxylic acids is 1. The number of carbonyl (C=O) groups is 2. The number of rotatable bonds is 9. The number of hydrogen-bond donors (Lipinski definition) is 2. The minimum Gasteiger partial charge on any atom is -0.490 e. The van der Waals surface area contributed by atoms with E-state index < -0.39 is 18.6 Å². The molecule has 0 saturated heterocycles. The molecule has 0 heterocycles. The van der Waals surface area contributed by atoms with Crippen molar-refractivity contribution in [2.45, 2.75) is 26.0 Å². The maximum absolute atomic E-state index is 12.3. The van der Waals surface area contributed by atoms with Crippen LogP contribution in [0.15, 0.2) is 18.2 Å². The second-order valence-electron chi connectivity index (χ2n) is 3.95. The predicted octanol–water partition coefficient (Wildman–Crippen LogP) is 1.95. The highest BCUT2D eigenvalue weighted by Crippen LogP contribution is 2.32. The van der Waals surface area contributed by atoms with Gasteiger partial charge in [0, 0.05) is 0 Å². The topological polar surface area (TPSA) is 84.9 Å². The summed E-state index contributed by atoms with van der Waals surface area (Å²) in [4.78, 5) is 21.3. The summed E-state index contributed by atoms with van der Waals surface area (Å²) in [5, 5.41) is 11.2. The molecule has 116 valence electrons. The fraction of sp³-hybridized carbons (Fsp3) is 0.385. The average molecular weight is 303 g/mol. The highest BCUT2D eigenvalue weighted by molar-refractivity contribution is 5.68. The van der Waals surface area contributed by atoms with E-state index in [0.29, 0.717) is 12.0 Å². The van der Waals surface area contributed by atoms with Crippen LogP contribution >= 0.6 is 0 Å². The van der Waals surface area contributed by atoms with E-state index in [1.807, 2.05) is 0 Å². The zero-order chi connectivity index (χ0) is 15.8. The minimum absolute atomic E-state index is 0.0541. The van der Waals surface area contributed by atoms with Crippen molar-refractivity contribution in [3.8, 4) is 11.5 Å². The molecule has 0 saturated carbocycles. The monoisotopic (exact) mass is 303 g/mol. The highest BCUT2D eigenvalue weighted by Gasteiger charge is 2.18. The normalized spacial score (nSPS) is 11.8. The molecule has 1 atom stereocenters. The molecular weight excluding hydrogens is 288 g/mol. The third-order valence-corrected chi connectivity index (χ3v) is 2.53. The summed E-state index contributed by atoms with van der Waals surface area (Å²) in [5.74, 6) is -1.21. The molecule has 0 fully saturated rings. The van der Waals surface area contributed by atoms with Gasteiger partial charge in [-0.2, -0.15) is 8.78 Å². The number of carboxylic acid groups (broad SMARTS) is 1. The van der Waals surface area contributed by atoms with Gasteiger partial charge >= 0.3 is 12.6 Å². The standard InChI is InChI=1S/C13H15F2NO5/c1-2-20-11-5-8(3-4-10(11)21-13(14)15)9(16-7-17)6-12(18)19/h3-5,7,9,13H,2,6H2,1H3,(H,16,17)(H,18,19)/t9-/m0/s1. The number of hydrogen-bond acceptors (Lipinski definition) is 4. The summed E-state index contributed by atoms with van der Waals surface area (Å²) >= 11 is 0. The van der Waals surface area contributed by atoms with Crippen molar-refractivity contribution in [3.63, 3.8) is 0 Å². The van der Waals surface area contributed by atoms with E-state index in [9.17, 15) is 18.4 Å². The molecule has 1 rings (SSSR count). The third kappa shape index (κ3) is 5.25. The Morgan fingerprint density at radius 3 is 2.67 bits per heavy atom. The van der Waals surface area contributed by atoms with Crippen molar-refractivity contribution in [1.82, 2.24) is 5.32 Å². The van der Waals surface area contributed by atoms with E-state index in [1.54, 1.807) is 6.92 Å². The van der Waals surface area contributed by atoms with E-state index in [0.717, 1.165) is 0 Å². The van der Waals surface area contributed by atoms with Gasteiger partial charge in [-0.25, -0.2) is 0 Å². The van der Waals surface area contributed by atoms with E-state index in [1.165, 1.54) is 18.2 Å². The number of benzene rings is 1. The number of nitrogens with one attached hydrogen (secondary N) is 1. The van der Waals surface area contributed by atoms with Gasteiger partial charge in [0.15, 0.2) is 11.5 Å². The molecule has 0 bridgehead atoms. The van der Waals surface area contributed by atoms with Crippen LogP contribution in [0.25, 0.3) is 0 Å². The van der Waals surface area contributed by atoms with Crippen LogP contribution < -0.4 is 14.8 Å². The lowest BCUT2D eigenvalue weighted by molar-refractivity contribution is -0.137. The lowest BCUT2D eigenvalue weighted by Crippen LogP contribution is -2.22. The maximum atomic E-state index is 12.3. The van der Waals surface area contributed by atoms with E-state index in [4.69, 9.17) is 9.84 Å². The van der Waals surface area contributed by atoms with Crippen molar-refractivity contribution in [2.24, 2.45) is 0 Å². The number of ether oxygens (including phenoxy) is 2. The first-order valence-corrected chi connectivity index (χ1v) is 6.11. The fourth-order valence-electron chi connectivity index (χ4n) is 1.73. The van der Waals surface area contributed by atoms with Crippen LogP contribution in [0.2, 0.25) is 0 Å². The Balaban J connectivity index is 3.08. The molecular formula is C13H15F2NO5. The number of alkyl halides is 2. The lowest BCUT2D eigenvalue weighted by atomic mass is 10.0. The van der Waals surface area contributed by atoms with Crippen LogP contribution in [-0.4, -0.2) is 30.7 Å². The van der Waals surface area contributed by atoms with E-state index >= 15 is 0 Å². The van der Waals surface area contributed by atoms with Crippen molar-refractivity contribution in [3.05, 3.63) is 23.8 Å². The van der Waals surface area contributed by atoms with Crippen LogP contribution in [0.5, 0.6) is 11.5 Å². The Labute approximate surface area is 119 Å². The highest BCUT2D eigenvalue weighted by atomic mass is 19.3. The first kappa shape index (κ1) is 16.7. The van der Waals surface area contributed by atoms with Crippen LogP contribution in [0.1, 0.15) is 24.9 Å². The summed E-state index contributed by atoms with van der Waals surface area (Å²) in [6.07, 6.45) is 0.0247. The molecule has 1 aromatic carbocycles. The second-order valence-corrected chi connectivity index (χ2v) is 3.95. The summed E-state index contributed by atoms with van der Waals surface area (Å²) in [7, 11) is 0. The molecule has 2 N–H and O–H groups in total. The maximum Gasteiger partial charge on any atom is 0.387 e. The van der Waals surface area contributed by atoms with Gasteiger partial charge in [0.05, 0.1) is 19.1 Å². The van der Waals surface area contributed by atoms with Crippen LogP contribution in [0, 0.1) is 0 Å². The quantitative estimate of drug-likeness (QED) is 0.681. The largest absolute Gasteiger partial charge is 0.490 e. The Morgan fingerprint density at radius 2 is 2.14 bits per heavy atom.